The maximum atomic E-state index is 12.6. The SMILES string of the molecule is COC(=O)c1cn(-c2ccc(S(=O)(=O)N3CCCCC3)cn2)cn1. The van der Waals surface area contributed by atoms with Crippen LogP contribution in [0.1, 0.15) is 29.8 Å². The van der Waals surface area contributed by atoms with Gasteiger partial charge in [-0.2, -0.15) is 4.31 Å². The van der Waals surface area contributed by atoms with E-state index in [0.29, 0.717) is 18.9 Å². The summed E-state index contributed by atoms with van der Waals surface area (Å²) in [4.78, 5) is 19.7. The van der Waals surface area contributed by atoms with Crippen LogP contribution in [0.3, 0.4) is 0 Å². The first-order valence-electron chi connectivity index (χ1n) is 7.61. The van der Waals surface area contributed by atoms with Gasteiger partial charge >= 0.3 is 5.97 Å². The Hall–Kier alpha value is -2.26. The van der Waals surface area contributed by atoms with Gasteiger partial charge in [-0.1, -0.05) is 6.42 Å². The molecule has 0 atom stereocenters. The summed E-state index contributed by atoms with van der Waals surface area (Å²) in [6, 6.07) is 3.10. The van der Waals surface area contributed by atoms with Gasteiger partial charge in [0.15, 0.2) is 5.69 Å². The van der Waals surface area contributed by atoms with Crippen molar-refractivity contribution in [1.29, 1.82) is 0 Å². The molecule has 0 radical (unpaired) electrons. The highest BCUT2D eigenvalue weighted by Crippen LogP contribution is 2.20. The molecule has 0 amide bonds. The highest BCUT2D eigenvalue weighted by Gasteiger charge is 2.26. The van der Waals surface area contributed by atoms with E-state index in [2.05, 4.69) is 14.7 Å². The Bertz CT molecular complexity index is 823. The number of ether oxygens (including phenoxy) is 1. The second-order valence-electron chi connectivity index (χ2n) is 5.47. The van der Waals surface area contributed by atoms with Crippen LogP contribution in [0.4, 0.5) is 0 Å². The van der Waals surface area contributed by atoms with Gasteiger partial charge in [-0.05, 0) is 25.0 Å². The molecule has 1 aliphatic heterocycles. The molecule has 8 nitrogen and oxygen atoms in total. The number of aromatic nitrogens is 3. The molecule has 0 aliphatic carbocycles. The number of nitrogens with zero attached hydrogens (tertiary/aromatic N) is 4. The Morgan fingerprint density at radius 1 is 1.17 bits per heavy atom. The van der Waals surface area contributed by atoms with Crippen molar-refractivity contribution in [3.05, 3.63) is 36.5 Å². The van der Waals surface area contributed by atoms with Crippen LogP contribution in [-0.2, 0) is 14.8 Å². The van der Waals surface area contributed by atoms with Crippen molar-refractivity contribution in [3.63, 3.8) is 0 Å². The van der Waals surface area contributed by atoms with E-state index in [1.54, 1.807) is 6.07 Å². The molecule has 24 heavy (non-hydrogen) atoms. The van der Waals surface area contributed by atoms with Crippen molar-refractivity contribution in [3.8, 4) is 5.82 Å². The standard InChI is InChI=1S/C15H18N4O4S/c1-23-15(20)13-10-18(11-17-13)14-6-5-12(9-16-14)24(21,22)19-7-3-2-4-8-19/h5-6,9-11H,2-4,7-8H2,1H3. The predicted molar refractivity (Wildman–Crippen MR) is 85.3 cm³/mol. The van der Waals surface area contributed by atoms with Crippen LogP contribution in [0.25, 0.3) is 5.82 Å². The van der Waals surface area contributed by atoms with Crippen LogP contribution in [0.15, 0.2) is 35.7 Å². The summed E-state index contributed by atoms with van der Waals surface area (Å²) in [6.07, 6.45) is 7.07. The Morgan fingerprint density at radius 3 is 2.54 bits per heavy atom. The maximum absolute atomic E-state index is 12.6. The molecule has 1 saturated heterocycles. The molecule has 0 spiro atoms. The largest absolute Gasteiger partial charge is 0.464 e. The van der Waals surface area contributed by atoms with Crippen LogP contribution in [0.2, 0.25) is 0 Å². The molecule has 3 rings (SSSR count). The van der Waals surface area contributed by atoms with Crippen molar-refractivity contribution in [2.24, 2.45) is 0 Å². The number of carbonyl (C=O) groups is 1. The monoisotopic (exact) mass is 350 g/mol. The van der Waals surface area contributed by atoms with Gasteiger partial charge < -0.3 is 4.74 Å². The van der Waals surface area contributed by atoms with E-state index in [4.69, 9.17) is 0 Å². The van der Waals surface area contributed by atoms with Gasteiger partial charge in [-0.25, -0.2) is 23.2 Å². The van der Waals surface area contributed by atoms with E-state index in [0.717, 1.165) is 19.3 Å². The quantitative estimate of drug-likeness (QED) is 0.770. The fourth-order valence-corrected chi connectivity index (χ4v) is 4.05. The number of methoxy groups -OCH3 is 1. The number of hydrogen-bond donors (Lipinski definition) is 0. The number of imidazole rings is 1. The Labute approximate surface area is 140 Å². The first kappa shape index (κ1) is 16.6. The van der Waals surface area contributed by atoms with Crippen molar-refractivity contribution >= 4 is 16.0 Å². The van der Waals surface area contributed by atoms with Gasteiger partial charge in [0.25, 0.3) is 0 Å². The summed E-state index contributed by atoms with van der Waals surface area (Å²) in [6.45, 7) is 1.10. The summed E-state index contributed by atoms with van der Waals surface area (Å²) in [5.74, 6) is -0.0757. The highest BCUT2D eigenvalue weighted by molar-refractivity contribution is 7.89. The number of esters is 1. The van der Waals surface area contributed by atoms with Crippen LogP contribution in [0.5, 0.6) is 0 Å². The fourth-order valence-electron chi connectivity index (χ4n) is 2.59. The molecule has 1 aliphatic rings. The number of pyridine rings is 1. The smallest absolute Gasteiger partial charge is 0.358 e. The zero-order valence-electron chi connectivity index (χ0n) is 13.3. The Balaban J connectivity index is 1.82. The summed E-state index contributed by atoms with van der Waals surface area (Å²) < 4.78 is 32.8. The molecule has 9 heteroatoms. The zero-order chi connectivity index (χ0) is 17.2. The van der Waals surface area contributed by atoms with Crippen molar-refractivity contribution in [2.75, 3.05) is 20.2 Å². The van der Waals surface area contributed by atoms with E-state index in [1.807, 2.05) is 0 Å². The Kier molecular flexibility index (Phi) is 4.63. The maximum Gasteiger partial charge on any atom is 0.358 e. The van der Waals surface area contributed by atoms with Gasteiger partial charge in [0.2, 0.25) is 10.0 Å². The van der Waals surface area contributed by atoms with Crippen LogP contribution >= 0.6 is 0 Å². The summed E-state index contributed by atoms with van der Waals surface area (Å²) in [7, 11) is -2.22. The molecule has 0 bridgehead atoms. The Morgan fingerprint density at radius 2 is 1.92 bits per heavy atom. The van der Waals surface area contributed by atoms with Gasteiger partial charge in [-0.3, -0.25) is 4.57 Å². The van der Waals surface area contributed by atoms with Gasteiger partial charge in [0.05, 0.1) is 7.11 Å². The van der Waals surface area contributed by atoms with Crippen LogP contribution in [0, 0.1) is 0 Å². The summed E-state index contributed by atoms with van der Waals surface area (Å²) in [5.41, 5.74) is 0.157. The highest BCUT2D eigenvalue weighted by atomic mass is 32.2. The lowest BCUT2D eigenvalue weighted by atomic mass is 10.2. The first-order valence-corrected chi connectivity index (χ1v) is 9.05. The molecule has 0 N–H and O–H groups in total. The van der Waals surface area contributed by atoms with Crippen molar-refractivity contribution in [1.82, 2.24) is 18.8 Å². The van der Waals surface area contributed by atoms with E-state index < -0.39 is 16.0 Å². The third-order valence-corrected chi connectivity index (χ3v) is 5.80. The minimum absolute atomic E-state index is 0.157. The fraction of sp³-hybridized carbons (Fsp3) is 0.400. The van der Waals surface area contributed by atoms with E-state index in [1.165, 1.54) is 40.8 Å². The third-order valence-electron chi connectivity index (χ3n) is 3.92. The normalized spacial score (nSPS) is 16.0. The number of rotatable bonds is 4. The van der Waals surface area contributed by atoms with E-state index >= 15 is 0 Å². The lowest BCUT2D eigenvalue weighted by molar-refractivity contribution is 0.0594. The van der Waals surface area contributed by atoms with E-state index in [9.17, 15) is 13.2 Å². The minimum atomic E-state index is -3.50. The lowest BCUT2D eigenvalue weighted by Gasteiger charge is -2.25. The topological polar surface area (TPSA) is 94.4 Å². The van der Waals surface area contributed by atoms with Crippen molar-refractivity contribution < 1.29 is 17.9 Å². The molecule has 0 unspecified atom stereocenters. The molecular formula is C15H18N4O4S. The van der Waals surface area contributed by atoms with Crippen molar-refractivity contribution in [2.45, 2.75) is 24.2 Å². The number of piperidine rings is 1. The molecule has 3 heterocycles. The van der Waals surface area contributed by atoms with Gasteiger partial charge in [-0.15, -0.1) is 0 Å². The van der Waals surface area contributed by atoms with E-state index in [-0.39, 0.29) is 10.6 Å². The van der Waals surface area contributed by atoms with Gasteiger partial charge in [0, 0.05) is 25.5 Å². The first-order chi connectivity index (χ1) is 11.5. The van der Waals surface area contributed by atoms with Gasteiger partial charge in [0.1, 0.15) is 17.0 Å². The average molecular weight is 350 g/mol. The molecule has 128 valence electrons. The molecule has 2 aromatic rings. The number of sulfonamides is 1. The average Bonchev–Trinajstić information content (AvgIpc) is 3.12. The van der Waals surface area contributed by atoms with Crippen LogP contribution in [-0.4, -0.2) is 53.4 Å². The second-order valence-corrected chi connectivity index (χ2v) is 7.41. The molecule has 1 fully saturated rings. The molecule has 0 saturated carbocycles. The second kappa shape index (κ2) is 6.70. The predicted octanol–water partition coefficient (Wildman–Crippen LogP) is 1.23. The number of carbonyl (C=O) groups excluding carboxylic acids is 1. The summed E-state index contributed by atoms with van der Waals surface area (Å²) >= 11 is 0. The zero-order valence-corrected chi connectivity index (χ0v) is 14.1. The number of hydrogen-bond acceptors (Lipinski definition) is 6. The lowest BCUT2D eigenvalue weighted by Crippen LogP contribution is -2.35. The molecule has 0 aromatic carbocycles. The molecule has 2 aromatic heterocycles. The molecular weight excluding hydrogens is 332 g/mol. The summed E-state index contributed by atoms with van der Waals surface area (Å²) in [5, 5.41) is 0. The minimum Gasteiger partial charge on any atom is -0.464 e. The van der Waals surface area contributed by atoms with Crippen LogP contribution < -0.4 is 0 Å². The third kappa shape index (κ3) is 3.17.